The number of ether oxygens (including phenoxy) is 2. The van der Waals surface area contributed by atoms with E-state index in [1.54, 1.807) is 0 Å². The summed E-state index contributed by atoms with van der Waals surface area (Å²) >= 11 is 0. The fraction of sp³-hybridized carbons (Fsp3) is 0.885. The van der Waals surface area contributed by atoms with Crippen LogP contribution in [0.4, 0.5) is 0 Å². The summed E-state index contributed by atoms with van der Waals surface area (Å²) in [6, 6.07) is 0. The van der Waals surface area contributed by atoms with E-state index < -0.39 is 42.3 Å². The molecular weight excluding hydrogens is 440 g/mol. The van der Waals surface area contributed by atoms with Gasteiger partial charge in [0.15, 0.2) is 12.4 Å². The molecule has 5 fully saturated rings. The molecule has 0 aromatic carbocycles. The molecule has 5 N–H and O–H groups in total. The highest BCUT2D eigenvalue weighted by Gasteiger charge is 2.62. The molecule has 1 unspecified atom stereocenters. The van der Waals surface area contributed by atoms with Crippen molar-refractivity contribution in [2.45, 2.75) is 107 Å². The van der Waals surface area contributed by atoms with Crippen LogP contribution in [0, 0.1) is 47.3 Å². The highest BCUT2D eigenvalue weighted by Crippen LogP contribution is 2.65. The number of fused-ring (bicyclic) bond motifs is 5. The topological polar surface area (TPSA) is 137 Å². The number of terminal acetylenes is 1. The quantitative estimate of drug-likeness (QED) is 0.302. The van der Waals surface area contributed by atoms with E-state index in [9.17, 15) is 30.3 Å². The molecule has 1 aliphatic heterocycles. The van der Waals surface area contributed by atoms with Crippen LogP contribution in [0.15, 0.2) is 0 Å². The first kappa shape index (κ1) is 24.5. The van der Waals surface area contributed by atoms with Gasteiger partial charge in [-0.1, -0.05) is 12.8 Å². The fourth-order valence-corrected chi connectivity index (χ4v) is 8.54. The smallest absolute Gasteiger partial charge is 0.335 e. The zero-order valence-corrected chi connectivity index (χ0v) is 19.8. The summed E-state index contributed by atoms with van der Waals surface area (Å²) in [4.78, 5) is 11.4. The predicted molar refractivity (Wildman–Crippen MR) is 120 cm³/mol. The monoisotopic (exact) mass is 478 g/mol. The Morgan fingerprint density at radius 1 is 0.971 bits per heavy atom. The van der Waals surface area contributed by atoms with Crippen molar-refractivity contribution in [1.82, 2.24) is 0 Å². The van der Waals surface area contributed by atoms with Crippen LogP contribution >= 0.6 is 0 Å². The molecule has 0 radical (unpaired) electrons. The summed E-state index contributed by atoms with van der Waals surface area (Å²) in [6.45, 7) is 2.20. The zero-order chi connectivity index (χ0) is 24.4. The highest BCUT2D eigenvalue weighted by atomic mass is 16.7. The number of aliphatic hydroxyl groups is 4. The molecule has 5 rings (SSSR count). The first-order valence-corrected chi connectivity index (χ1v) is 12.9. The maximum Gasteiger partial charge on any atom is 0.335 e. The Kier molecular flexibility index (Phi) is 6.28. The van der Waals surface area contributed by atoms with Crippen LogP contribution in [-0.2, 0) is 14.3 Å². The number of aliphatic carboxylic acids is 1. The Morgan fingerprint density at radius 2 is 1.71 bits per heavy atom. The number of hydrogen-bond donors (Lipinski definition) is 5. The van der Waals surface area contributed by atoms with E-state index in [1.165, 1.54) is 0 Å². The van der Waals surface area contributed by atoms with Crippen molar-refractivity contribution in [3.63, 3.8) is 0 Å². The molecule has 8 heteroatoms. The van der Waals surface area contributed by atoms with E-state index in [0.29, 0.717) is 36.0 Å². The minimum absolute atomic E-state index is 0.193. The van der Waals surface area contributed by atoms with Gasteiger partial charge in [-0.2, -0.15) is 0 Å². The average molecular weight is 479 g/mol. The lowest BCUT2D eigenvalue weighted by Crippen LogP contribution is -2.61. The third-order valence-electron chi connectivity index (χ3n) is 10.4. The molecule has 0 aromatic rings. The second-order valence-corrected chi connectivity index (χ2v) is 11.7. The lowest BCUT2D eigenvalue weighted by molar-refractivity contribution is -0.308. The molecule has 4 aliphatic carbocycles. The molecule has 1 heterocycles. The fourth-order valence-electron chi connectivity index (χ4n) is 8.54. The van der Waals surface area contributed by atoms with Crippen LogP contribution in [0.3, 0.4) is 0 Å². The Hall–Kier alpha value is -1.21. The van der Waals surface area contributed by atoms with Crippen LogP contribution in [0.5, 0.6) is 0 Å². The van der Waals surface area contributed by atoms with Crippen molar-refractivity contribution in [2.24, 2.45) is 35.0 Å². The molecule has 4 saturated carbocycles. The molecule has 0 bridgehead atoms. The van der Waals surface area contributed by atoms with E-state index in [4.69, 9.17) is 15.9 Å². The number of carbonyl (C=O) groups is 1. The Balaban J connectivity index is 1.23. The summed E-state index contributed by atoms with van der Waals surface area (Å²) < 4.78 is 11.3. The van der Waals surface area contributed by atoms with Gasteiger partial charge in [0.2, 0.25) is 0 Å². The molecule has 1 saturated heterocycles. The minimum atomic E-state index is -1.71. The van der Waals surface area contributed by atoms with E-state index in [2.05, 4.69) is 12.8 Å². The highest BCUT2D eigenvalue weighted by molar-refractivity contribution is 5.73. The van der Waals surface area contributed by atoms with Crippen LogP contribution in [0.1, 0.15) is 64.7 Å². The van der Waals surface area contributed by atoms with E-state index >= 15 is 0 Å². The first-order valence-electron chi connectivity index (χ1n) is 12.9. The van der Waals surface area contributed by atoms with Crippen molar-refractivity contribution in [3.05, 3.63) is 0 Å². The van der Waals surface area contributed by atoms with Crippen LogP contribution in [0.25, 0.3) is 0 Å². The Morgan fingerprint density at radius 3 is 2.41 bits per heavy atom. The van der Waals surface area contributed by atoms with Crippen molar-refractivity contribution < 1.29 is 39.8 Å². The number of carboxylic acid groups (broad SMARTS) is 1. The van der Waals surface area contributed by atoms with E-state index in [-0.39, 0.29) is 11.5 Å². The second kappa shape index (κ2) is 8.72. The zero-order valence-electron chi connectivity index (χ0n) is 19.8. The van der Waals surface area contributed by atoms with E-state index in [1.807, 2.05) is 0 Å². The number of aliphatic hydroxyl groups excluding tert-OH is 3. The van der Waals surface area contributed by atoms with Gasteiger partial charge >= 0.3 is 5.97 Å². The Bertz CT molecular complexity index is 841. The van der Waals surface area contributed by atoms with Gasteiger partial charge in [-0.3, -0.25) is 0 Å². The van der Waals surface area contributed by atoms with Gasteiger partial charge in [0.1, 0.15) is 23.9 Å². The van der Waals surface area contributed by atoms with Crippen molar-refractivity contribution in [2.75, 3.05) is 0 Å². The third-order valence-corrected chi connectivity index (χ3v) is 10.4. The largest absolute Gasteiger partial charge is 0.479 e. The number of hydrogen-bond acceptors (Lipinski definition) is 7. The van der Waals surface area contributed by atoms with Gasteiger partial charge in [0, 0.05) is 5.41 Å². The van der Waals surface area contributed by atoms with Gasteiger partial charge in [-0.05, 0) is 87.4 Å². The van der Waals surface area contributed by atoms with Crippen molar-refractivity contribution >= 4 is 5.97 Å². The van der Waals surface area contributed by atoms with Gasteiger partial charge in [-0.25, -0.2) is 4.79 Å². The maximum absolute atomic E-state index is 11.4. The van der Waals surface area contributed by atoms with Gasteiger partial charge < -0.3 is 35.0 Å². The normalized spacial score (nSPS) is 54.9. The summed E-state index contributed by atoms with van der Waals surface area (Å²) in [5.74, 6) is 4.11. The van der Waals surface area contributed by atoms with Crippen LogP contribution in [-0.4, -0.2) is 73.9 Å². The average Bonchev–Trinajstić information content (AvgIpc) is 3.10. The lowest BCUT2D eigenvalue weighted by atomic mass is 9.49. The minimum Gasteiger partial charge on any atom is -0.479 e. The Labute approximate surface area is 200 Å². The number of carboxylic acids is 1. The molecule has 8 nitrogen and oxygen atoms in total. The molecule has 0 aromatic heterocycles. The molecule has 5 aliphatic rings. The number of rotatable bonds is 3. The van der Waals surface area contributed by atoms with Crippen molar-refractivity contribution in [3.8, 4) is 12.3 Å². The molecule has 0 amide bonds. The molecule has 34 heavy (non-hydrogen) atoms. The summed E-state index contributed by atoms with van der Waals surface area (Å²) in [5, 5.41) is 50.7. The van der Waals surface area contributed by atoms with Gasteiger partial charge in [0.05, 0.1) is 6.10 Å². The molecule has 190 valence electrons. The van der Waals surface area contributed by atoms with Crippen molar-refractivity contribution in [1.29, 1.82) is 0 Å². The molecule has 0 spiro atoms. The standard InChI is InChI=1S/C26H38O8/c1-3-26(32)11-9-18-17-6-4-13-12-14(5-7-15(13)16(17)8-10-25(18,26)2)33-24-21(29)19(27)20(28)22(34-24)23(30)31/h1,13-22,24,27-29,32H,4-12H2,2H3,(H,30,31)/t13-,14-,15+,16-,17-,18+,19+,20+,21-,22+,24?,25+,26+/m1/s1. The summed E-state index contributed by atoms with van der Waals surface area (Å²) in [7, 11) is 0. The van der Waals surface area contributed by atoms with Gasteiger partial charge in [-0.15, -0.1) is 6.42 Å². The van der Waals surface area contributed by atoms with Gasteiger partial charge in [0.25, 0.3) is 0 Å². The van der Waals surface area contributed by atoms with Crippen LogP contribution in [0.2, 0.25) is 0 Å². The first-order chi connectivity index (χ1) is 16.1. The predicted octanol–water partition coefficient (Wildman–Crippen LogP) is 1.28. The molecular formula is C26H38O8. The SMILES string of the molecule is C#C[C@]1(O)CC[C@H]2[C@@H]3CC[C@@H]4C[C@H](OC5O[C@H](C(=O)O)[C@@H](O)[C@H](O)[C@H]5O)CC[C@@H]4[C@H]3CC[C@@]21C. The maximum atomic E-state index is 11.4. The van der Waals surface area contributed by atoms with Crippen LogP contribution < -0.4 is 0 Å². The lowest BCUT2D eigenvalue weighted by Gasteiger charge is -2.57. The summed E-state index contributed by atoms with van der Waals surface area (Å²) in [6.07, 6.45) is 6.33. The third kappa shape index (κ3) is 3.63. The van der Waals surface area contributed by atoms with E-state index in [0.717, 1.165) is 51.4 Å². The summed E-state index contributed by atoms with van der Waals surface area (Å²) in [5.41, 5.74) is -1.19. The second-order valence-electron chi connectivity index (χ2n) is 11.7. The molecule has 13 atom stereocenters.